The van der Waals surface area contributed by atoms with Crippen LogP contribution in [0.15, 0.2) is 22.9 Å². The van der Waals surface area contributed by atoms with E-state index in [9.17, 15) is 4.79 Å². The second-order valence-electron chi connectivity index (χ2n) is 6.90. The molecule has 1 aliphatic rings. The average molecular weight is 350 g/mol. The van der Waals surface area contributed by atoms with Crippen LogP contribution >= 0.6 is 22.7 Å². The van der Waals surface area contributed by atoms with Crippen molar-refractivity contribution in [2.75, 3.05) is 6.54 Å². The minimum absolute atomic E-state index is 0.0217. The van der Waals surface area contributed by atoms with Gasteiger partial charge in [0.05, 0.1) is 18.3 Å². The molecule has 2 aromatic rings. The van der Waals surface area contributed by atoms with Gasteiger partial charge in [0, 0.05) is 22.2 Å². The molecule has 0 aromatic carbocycles. The van der Waals surface area contributed by atoms with Crippen molar-refractivity contribution < 1.29 is 4.79 Å². The molecule has 2 aromatic heterocycles. The number of carbonyl (C=O) groups excluding carboxylic acids is 1. The number of nitrogens with one attached hydrogen (secondary N) is 1. The van der Waals surface area contributed by atoms with Crippen LogP contribution in [0.5, 0.6) is 0 Å². The third kappa shape index (κ3) is 3.75. The number of likely N-dealkylation sites (tertiary alicyclic amines) is 1. The first-order valence-electron chi connectivity index (χ1n) is 7.98. The highest BCUT2D eigenvalue weighted by Gasteiger charge is 2.30. The lowest BCUT2D eigenvalue weighted by atomic mass is 9.93. The van der Waals surface area contributed by atoms with E-state index in [0.717, 1.165) is 30.1 Å². The zero-order chi connectivity index (χ0) is 16.4. The van der Waals surface area contributed by atoms with Crippen molar-refractivity contribution in [3.8, 4) is 0 Å². The smallest absolute Gasteiger partial charge is 0.318 e. The van der Waals surface area contributed by atoms with Gasteiger partial charge in [-0.1, -0.05) is 26.8 Å². The van der Waals surface area contributed by atoms with Crippen LogP contribution in [0.4, 0.5) is 4.79 Å². The van der Waals surface area contributed by atoms with Crippen molar-refractivity contribution in [3.63, 3.8) is 0 Å². The summed E-state index contributed by atoms with van der Waals surface area (Å²) in [6.07, 6.45) is 2.13. The number of amides is 2. The van der Waals surface area contributed by atoms with Crippen LogP contribution in [-0.4, -0.2) is 22.5 Å². The van der Waals surface area contributed by atoms with E-state index in [1.807, 2.05) is 4.90 Å². The summed E-state index contributed by atoms with van der Waals surface area (Å²) in [6.45, 7) is 7.80. The Balaban J connectivity index is 1.60. The van der Waals surface area contributed by atoms with Gasteiger partial charge in [-0.3, -0.25) is 0 Å². The molecular weight excluding hydrogens is 326 g/mol. The van der Waals surface area contributed by atoms with Crippen LogP contribution in [-0.2, 0) is 12.0 Å². The fraction of sp³-hybridized carbons (Fsp3) is 0.529. The summed E-state index contributed by atoms with van der Waals surface area (Å²) < 4.78 is 0. The number of hydrogen-bond acceptors (Lipinski definition) is 4. The molecule has 0 bridgehead atoms. The van der Waals surface area contributed by atoms with E-state index in [1.165, 1.54) is 4.88 Å². The molecule has 1 atom stereocenters. The molecule has 0 saturated carbocycles. The van der Waals surface area contributed by atoms with Crippen LogP contribution in [0.25, 0.3) is 0 Å². The number of carbonyl (C=O) groups is 1. The fourth-order valence-corrected chi connectivity index (χ4v) is 4.61. The van der Waals surface area contributed by atoms with Gasteiger partial charge in [0.15, 0.2) is 0 Å². The average Bonchev–Trinajstić information content (AvgIpc) is 3.22. The van der Waals surface area contributed by atoms with E-state index in [4.69, 9.17) is 0 Å². The van der Waals surface area contributed by atoms with Gasteiger partial charge in [0.25, 0.3) is 0 Å². The normalized spacial score (nSPS) is 18.4. The third-order valence-electron chi connectivity index (χ3n) is 4.10. The molecule has 3 heterocycles. The molecule has 124 valence electrons. The SMILES string of the molecule is CC(C)(C)c1csc(CNC(=O)N2CCCC2c2cccs2)n1. The second kappa shape index (κ2) is 6.61. The molecule has 1 unspecified atom stereocenters. The summed E-state index contributed by atoms with van der Waals surface area (Å²) in [4.78, 5) is 20.4. The molecule has 0 radical (unpaired) electrons. The lowest BCUT2D eigenvalue weighted by Crippen LogP contribution is -2.38. The maximum Gasteiger partial charge on any atom is 0.318 e. The molecule has 2 amide bonds. The van der Waals surface area contributed by atoms with Crippen molar-refractivity contribution in [2.45, 2.75) is 51.6 Å². The zero-order valence-electron chi connectivity index (χ0n) is 13.8. The molecule has 0 aliphatic carbocycles. The van der Waals surface area contributed by atoms with Crippen LogP contribution in [0.2, 0.25) is 0 Å². The van der Waals surface area contributed by atoms with Gasteiger partial charge in [0.2, 0.25) is 0 Å². The summed E-state index contributed by atoms with van der Waals surface area (Å²) in [7, 11) is 0. The first-order chi connectivity index (χ1) is 10.9. The van der Waals surface area contributed by atoms with Crippen LogP contribution in [0.3, 0.4) is 0 Å². The first-order valence-corrected chi connectivity index (χ1v) is 9.74. The van der Waals surface area contributed by atoms with Crippen molar-refractivity contribution in [1.82, 2.24) is 15.2 Å². The predicted octanol–water partition coefficient (Wildman–Crippen LogP) is 4.55. The molecule has 4 nitrogen and oxygen atoms in total. The van der Waals surface area contributed by atoms with Crippen molar-refractivity contribution in [2.24, 2.45) is 0 Å². The predicted molar refractivity (Wildman–Crippen MR) is 96.0 cm³/mol. The number of thiazole rings is 1. The number of urea groups is 1. The van der Waals surface area contributed by atoms with Gasteiger partial charge < -0.3 is 10.2 Å². The molecule has 23 heavy (non-hydrogen) atoms. The molecule has 1 saturated heterocycles. The quantitative estimate of drug-likeness (QED) is 0.883. The Kier molecular flexibility index (Phi) is 4.73. The molecule has 3 rings (SSSR count). The van der Waals surface area contributed by atoms with E-state index >= 15 is 0 Å². The van der Waals surface area contributed by atoms with E-state index in [2.05, 4.69) is 54.0 Å². The Labute approximate surface area is 145 Å². The number of nitrogens with zero attached hydrogens (tertiary/aromatic N) is 2. The van der Waals surface area contributed by atoms with Gasteiger partial charge in [-0.05, 0) is 24.3 Å². The Morgan fingerprint density at radius 3 is 2.91 bits per heavy atom. The minimum atomic E-state index is 0.0217. The fourth-order valence-electron chi connectivity index (χ4n) is 2.78. The van der Waals surface area contributed by atoms with Crippen molar-refractivity contribution in [1.29, 1.82) is 0 Å². The van der Waals surface area contributed by atoms with Crippen molar-refractivity contribution in [3.05, 3.63) is 38.5 Å². The maximum atomic E-state index is 12.5. The Hall–Kier alpha value is -1.40. The first kappa shape index (κ1) is 16.5. The van der Waals surface area contributed by atoms with Gasteiger partial charge in [-0.25, -0.2) is 9.78 Å². The van der Waals surface area contributed by atoms with E-state index in [0.29, 0.717) is 6.54 Å². The topological polar surface area (TPSA) is 45.2 Å². The number of thiophene rings is 1. The molecule has 6 heteroatoms. The second-order valence-corrected chi connectivity index (χ2v) is 8.82. The monoisotopic (exact) mass is 349 g/mol. The van der Waals surface area contributed by atoms with Gasteiger partial charge >= 0.3 is 6.03 Å². The Morgan fingerprint density at radius 1 is 1.43 bits per heavy atom. The van der Waals surface area contributed by atoms with Crippen LogP contribution in [0.1, 0.15) is 55.2 Å². The highest BCUT2D eigenvalue weighted by atomic mass is 32.1. The third-order valence-corrected chi connectivity index (χ3v) is 5.92. The largest absolute Gasteiger partial charge is 0.331 e. The summed E-state index contributed by atoms with van der Waals surface area (Å²) >= 11 is 3.35. The summed E-state index contributed by atoms with van der Waals surface area (Å²) in [5, 5.41) is 8.17. The summed E-state index contributed by atoms with van der Waals surface area (Å²) in [5.74, 6) is 0. The van der Waals surface area contributed by atoms with Crippen molar-refractivity contribution >= 4 is 28.7 Å². The molecular formula is C17H23N3OS2. The number of rotatable bonds is 3. The molecule has 0 spiro atoms. The van der Waals surface area contributed by atoms with Gasteiger partial charge in [0.1, 0.15) is 5.01 Å². The van der Waals surface area contributed by atoms with Crippen LogP contribution in [0, 0.1) is 0 Å². The summed E-state index contributed by atoms with van der Waals surface area (Å²) in [6, 6.07) is 4.43. The van der Waals surface area contributed by atoms with Crippen LogP contribution < -0.4 is 5.32 Å². The number of aromatic nitrogens is 1. The lowest BCUT2D eigenvalue weighted by molar-refractivity contribution is 0.193. The molecule has 1 N–H and O–H groups in total. The standard InChI is InChI=1S/C17H23N3OS2/c1-17(2,3)14-11-23-15(19-14)10-18-16(21)20-8-4-6-12(20)13-7-5-9-22-13/h5,7,9,11-12H,4,6,8,10H2,1-3H3,(H,18,21). The highest BCUT2D eigenvalue weighted by molar-refractivity contribution is 7.10. The molecule has 1 aliphatic heterocycles. The zero-order valence-corrected chi connectivity index (χ0v) is 15.5. The lowest BCUT2D eigenvalue weighted by Gasteiger charge is -2.24. The Bertz CT molecular complexity index is 658. The van der Waals surface area contributed by atoms with E-state index < -0.39 is 0 Å². The number of hydrogen-bond donors (Lipinski definition) is 1. The summed E-state index contributed by atoms with van der Waals surface area (Å²) in [5.41, 5.74) is 1.14. The molecule has 1 fully saturated rings. The van der Waals surface area contributed by atoms with E-state index in [1.54, 1.807) is 22.7 Å². The maximum absolute atomic E-state index is 12.5. The van der Waals surface area contributed by atoms with Gasteiger partial charge in [-0.2, -0.15) is 0 Å². The Morgan fingerprint density at radius 2 is 2.26 bits per heavy atom. The van der Waals surface area contributed by atoms with E-state index in [-0.39, 0.29) is 17.5 Å². The van der Waals surface area contributed by atoms with Gasteiger partial charge in [-0.15, -0.1) is 22.7 Å². The minimum Gasteiger partial charge on any atom is -0.331 e. The highest BCUT2D eigenvalue weighted by Crippen LogP contribution is 2.34.